The summed E-state index contributed by atoms with van der Waals surface area (Å²) in [5, 5.41) is 0. The number of pyridine rings is 1. The molecule has 0 aromatic carbocycles. The van der Waals surface area contributed by atoms with Crippen molar-refractivity contribution in [3.8, 4) is 0 Å². The molecule has 0 fully saturated rings. The van der Waals surface area contributed by atoms with Gasteiger partial charge in [-0.25, -0.2) is 4.57 Å². The molecule has 1 aromatic rings. The Hall–Kier alpha value is -0.850. The summed E-state index contributed by atoms with van der Waals surface area (Å²) in [7, 11) is 0. The molecule has 0 saturated carbocycles. The predicted octanol–water partition coefficient (Wildman–Crippen LogP) is 3.46. The van der Waals surface area contributed by atoms with Crippen molar-refractivity contribution in [3.63, 3.8) is 0 Å². The molecule has 1 aromatic heterocycles. The lowest BCUT2D eigenvalue weighted by Gasteiger charge is -2.06. The highest BCUT2D eigenvalue weighted by Gasteiger charge is 2.09. The van der Waals surface area contributed by atoms with Gasteiger partial charge in [0.25, 0.3) is 0 Å². The molecule has 1 heterocycles. The third-order valence-corrected chi connectivity index (χ3v) is 2.67. The SMILES string of the molecule is CCCc1cc(CCC)c[n+](C(C)C)c1. The van der Waals surface area contributed by atoms with E-state index in [9.17, 15) is 0 Å². The maximum Gasteiger partial charge on any atom is 0.172 e. The summed E-state index contributed by atoms with van der Waals surface area (Å²) in [4.78, 5) is 0. The molecule has 84 valence electrons. The van der Waals surface area contributed by atoms with Crippen LogP contribution in [0.2, 0.25) is 0 Å². The van der Waals surface area contributed by atoms with Gasteiger partial charge in [-0.05, 0) is 32.8 Å². The van der Waals surface area contributed by atoms with E-state index in [1.54, 1.807) is 0 Å². The highest BCUT2D eigenvalue weighted by atomic mass is 15.0. The van der Waals surface area contributed by atoms with Gasteiger partial charge in [-0.1, -0.05) is 26.7 Å². The van der Waals surface area contributed by atoms with Gasteiger partial charge in [-0.15, -0.1) is 0 Å². The van der Waals surface area contributed by atoms with E-state index in [2.05, 4.69) is 50.7 Å². The molecule has 0 saturated heterocycles. The molecule has 0 bridgehead atoms. The van der Waals surface area contributed by atoms with Crippen LogP contribution in [-0.4, -0.2) is 0 Å². The van der Waals surface area contributed by atoms with Crippen molar-refractivity contribution in [2.75, 3.05) is 0 Å². The number of aromatic nitrogens is 1. The second-order valence-corrected chi connectivity index (χ2v) is 4.59. The fraction of sp³-hybridized carbons (Fsp3) is 0.643. The lowest BCUT2D eigenvalue weighted by atomic mass is 10.1. The monoisotopic (exact) mass is 206 g/mol. The van der Waals surface area contributed by atoms with E-state index in [0.717, 1.165) is 0 Å². The van der Waals surface area contributed by atoms with Gasteiger partial charge < -0.3 is 0 Å². The first-order chi connectivity index (χ1) is 7.17. The molecule has 0 N–H and O–H groups in total. The number of hydrogen-bond donors (Lipinski definition) is 0. The summed E-state index contributed by atoms with van der Waals surface area (Å²) in [6.45, 7) is 8.97. The normalized spacial score (nSPS) is 11.0. The van der Waals surface area contributed by atoms with E-state index in [0.29, 0.717) is 6.04 Å². The first kappa shape index (κ1) is 12.2. The van der Waals surface area contributed by atoms with Crippen LogP contribution in [0, 0.1) is 0 Å². The minimum Gasteiger partial charge on any atom is -0.203 e. The highest BCUT2D eigenvalue weighted by molar-refractivity contribution is 5.15. The second-order valence-electron chi connectivity index (χ2n) is 4.59. The summed E-state index contributed by atoms with van der Waals surface area (Å²) >= 11 is 0. The summed E-state index contributed by atoms with van der Waals surface area (Å²) in [6.07, 6.45) is 9.45. The Balaban J connectivity index is 2.97. The van der Waals surface area contributed by atoms with Gasteiger partial charge in [0, 0.05) is 11.1 Å². The van der Waals surface area contributed by atoms with Crippen LogP contribution in [0.5, 0.6) is 0 Å². The van der Waals surface area contributed by atoms with Crippen molar-refractivity contribution in [3.05, 3.63) is 29.6 Å². The molecule has 0 unspecified atom stereocenters. The standard InChI is InChI=1S/C14H24N/c1-5-7-13-9-14(8-6-2)11-15(10-13)12(3)4/h9-12H,5-8H2,1-4H3/q+1. The smallest absolute Gasteiger partial charge is 0.172 e. The van der Waals surface area contributed by atoms with Gasteiger partial charge in [0.2, 0.25) is 0 Å². The van der Waals surface area contributed by atoms with Crippen LogP contribution >= 0.6 is 0 Å². The van der Waals surface area contributed by atoms with Crippen LogP contribution in [0.3, 0.4) is 0 Å². The summed E-state index contributed by atoms with van der Waals surface area (Å²) in [5.74, 6) is 0. The van der Waals surface area contributed by atoms with Crippen molar-refractivity contribution < 1.29 is 4.57 Å². The average molecular weight is 206 g/mol. The Bertz CT molecular complexity index is 278. The largest absolute Gasteiger partial charge is 0.203 e. The maximum atomic E-state index is 2.37. The number of rotatable bonds is 5. The first-order valence-corrected chi connectivity index (χ1v) is 6.21. The van der Waals surface area contributed by atoms with Crippen molar-refractivity contribution >= 4 is 0 Å². The van der Waals surface area contributed by atoms with E-state index in [1.165, 1.54) is 36.8 Å². The lowest BCUT2D eigenvalue weighted by molar-refractivity contribution is -0.716. The van der Waals surface area contributed by atoms with Crippen molar-refractivity contribution in [2.24, 2.45) is 0 Å². The first-order valence-electron chi connectivity index (χ1n) is 6.21. The molecule has 0 spiro atoms. The minimum absolute atomic E-state index is 0.567. The molecule has 15 heavy (non-hydrogen) atoms. The van der Waals surface area contributed by atoms with Crippen LogP contribution < -0.4 is 4.57 Å². The highest BCUT2D eigenvalue weighted by Crippen LogP contribution is 2.08. The fourth-order valence-corrected chi connectivity index (χ4v) is 1.88. The van der Waals surface area contributed by atoms with Crippen LogP contribution in [0.15, 0.2) is 18.5 Å². The van der Waals surface area contributed by atoms with Gasteiger partial charge in [-0.2, -0.15) is 0 Å². The Morgan fingerprint density at radius 1 is 1.00 bits per heavy atom. The fourth-order valence-electron chi connectivity index (χ4n) is 1.88. The third-order valence-electron chi connectivity index (χ3n) is 2.67. The summed E-state index contributed by atoms with van der Waals surface area (Å²) in [6, 6.07) is 2.93. The zero-order valence-corrected chi connectivity index (χ0v) is 10.6. The van der Waals surface area contributed by atoms with Crippen molar-refractivity contribution in [2.45, 2.75) is 59.4 Å². The minimum atomic E-state index is 0.567. The lowest BCUT2D eigenvalue weighted by Crippen LogP contribution is -2.36. The van der Waals surface area contributed by atoms with Crippen LogP contribution in [-0.2, 0) is 12.8 Å². The van der Waals surface area contributed by atoms with Crippen molar-refractivity contribution in [1.29, 1.82) is 0 Å². The Labute approximate surface area is 94.1 Å². The van der Waals surface area contributed by atoms with Crippen LogP contribution in [0.25, 0.3) is 0 Å². The van der Waals surface area contributed by atoms with E-state index in [1.807, 2.05) is 0 Å². The Morgan fingerprint density at radius 3 is 1.80 bits per heavy atom. The Kier molecular flexibility index (Phi) is 4.80. The molecule has 0 atom stereocenters. The molecule has 0 amide bonds. The molecule has 0 aliphatic rings. The topological polar surface area (TPSA) is 3.88 Å². The Morgan fingerprint density at radius 2 is 1.47 bits per heavy atom. The molecule has 1 heteroatoms. The molecule has 0 aliphatic carbocycles. The average Bonchev–Trinajstić information content (AvgIpc) is 2.18. The molecular formula is C14H24N+. The second kappa shape index (κ2) is 5.89. The predicted molar refractivity (Wildman–Crippen MR) is 65.0 cm³/mol. The van der Waals surface area contributed by atoms with E-state index in [-0.39, 0.29) is 0 Å². The van der Waals surface area contributed by atoms with Gasteiger partial charge >= 0.3 is 0 Å². The summed E-state index contributed by atoms with van der Waals surface area (Å²) < 4.78 is 2.34. The van der Waals surface area contributed by atoms with E-state index < -0.39 is 0 Å². The quantitative estimate of drug-likeness (QED) is 0.650. The zero-order valence-electron chi connectivity index (χ0n) is 10.6. The van der Waals surface area contributed by atoms with Gasteiger partial charge in [0.05, 0.1) is 0 Å². The van der Waals surface area contributed by atoms with E-state index >= 15 is 0 Å². The van der Waals surface area contributed by atoms with Gasteiger partial charge in [0.15, 0.2) is 18.4 Å². The van der Waals surface area contributed by atoms with Crippen LogP contribution in [0.4, 0.5) is 0 Å². The maximum absolute atomic E-state index is 2.37. The van der Waals surface area contributed by atoms with Crippen LogP contribution in [0.1, 0.15) is 57.7 Å². The molecule has 1 rings (SSSR count). The van der Waals surface area contributed by atoms with Crippen molar-refractivity contribution in [1.82, 2.24) is 0 Å². The van der Waals surface area contributed by atoms with Gasteiger partial charge in [0.1, 0.15) is 0 Å². The van der Waals surface area contributed by atoms with Gasteiger partial charge in [-0.3, -0.25) is 0 Å². The molecular weight excluding hydrogens is 182 g/mol. The third kappa shape index (κ3) is 3.65. The summed E-state index contributed by atoms with van der Waals surface area (Å²) in [5.41, 5.74) is 2.97. The van der Waals surface area contributed by atoms with E-state index in [4.69, 9.17) is 0 Å². The number of aryl methyl sites for hydroxylation is 2. The number of hydrogen-bond acceptors (Lipinski definition) is 0. The molecule has 0 aliphatic heterocycles. The zero-order chi connectivity index (χ0) is 11.3. The number of nitrogens with zero attached hydrogens (tertiary/aromatic N) is 1. The molecule has 0 radical (unpaired) electrons. The molecule has 1 nitrogen and oxygen atoms in total.